The van der Waals surface area contributed by atoms with Crippen molar-refractivity contribution < 1.29 is 24.6 Å². The number of urea groups is 1. The molecule has 1 rings (SSSR count). The molecule has 2 unspecified atom stereocenters. The van der Waals surface area contributed by atoms with Crippen molar-refractivity contribution in [1.82, 2.24) is 10.2 Å². The minimum Gasteiger partial charge on any atom is -0.481 e. The Hall–Kier alpha value is -1.89. The maximum atomic E-state index is 11.9. The van der Waals surface area contributed by atoms with Crippen LogP contribution in [0, 0.1) is 5.41 Å². The van der Waals surface area contributed by atoms with E-state index < -0.39 is 24.1 Å². The zero-order chi connectivity index (χ0) is 19.0. The van der Waals surface area contributed by atoms with E-state index in [1.54, 1.807) is 0 Å². The zero-order valence-corrected chi connectivity index (χ0v) is 15.3. The fraction of sp³-hybridized carbons (Fsp3) is 0.722. The molecule has 1 aliphatic rings. The Labute approximate surface area is 149 Å². The largest absolute Gasteiger partial charge is 0.481 e. The van der Waals surface area contributed by atoms with Crippen LogP contribution in [0.5, 0.6) is 0 Å². The number of amides is 3. The molecule has 7 heteroatoms. The number of aliphatic hydroxyl groups is 1. The molecule has 0 bridgehead atoms. The smallest absolute Gasteiger partial charge is 0.324 e. The van der Waals surface area contributed by atoms with Gasteiger partial charge in [-0.15, -0.1) is 0 Å². The van der Waals surface area contributed by atoms with E-state index in [4.69, 9.17) is 5.11 Å². The molecule has 1 heterocycles. The van der Waals surface area contributed by atoms with Gasteiger partial charge in [0, 0.05) is 13.0 Å². The van der Waals surface area contributed by atoms with Crippen LogP contribution < -0.4 is 5.32 Å². The van der Waals surface area contributed by atoms with Gasteiger partial charge >= 0.3 is 12.0 Å². The zero-order valence-electron chi connectivity index (χ0n) is 15.3. The predicted molar refractivity (Wildman–Crippen MR) is 94.0 cm³/mol. The number of unbranched alkanes of at least 4 members (excludes halogenated alkanes) is 1. The van der Waals surface area contributed by atoms with Crippen LogP contribution in [-0.2, 0) is 9.59 Å². The van der Waals surface area contributed by atoms with E-state index in [2.05, 4.69) is 5.32 Å². The molecule has 0 aromatic rings. The van der Waals surface area contributed by atoms with Crippen molar-refractivity contribution in [1.29, 1.82) is 0 Å². The highest BCUT2D eigenvalue weighted by atomic mass is 16.4. The van der Waals surface area contributed by atoms with E-state index in [9.17, 15) is 19.5 Å². The number of aliphatic carboxylic acids is 1. The van der Waals surface area contributed by atoms with Crippen LogP contribution in [0.1, 0.15) is 59.3 Å². The average Bonchev–Trinajstić information content (AvgIpc) is 2.72. The summed E-state index contributed by atoms with van der Waals surface area (Å²) in [7, 11) is 0. The van der Waals surface area contributed by atoms with Crippen LogP contribution in [0.3, 0.4) is 0 Å². The van der Waals surface area contributed by atoms with Crippen LogP contribution in [0.15, 0.2) is 12.2 Å². The van der Waals surface area contributed by atoms with E-state index in [1.807, 2.05) is 32.9 Å². The molecule has 142 valence electrons. The van der Waals surface area contributed by atoms with Gasteiger partial charge in [-0.3, -0.25) is 14.9 Å². The Morgan fingerprint density at radius 3 is 2.60 bits per heavy atom. The summed E-state index contributed by atoms with van der Waals surface area (Å²) in [6, 6.07) is -0.984. The van der Waals surface area contributed by atoms with Gasteiger partial charge < -0.3 is 15.1 Å². The van der Waals surface area contributed by atoms with Gasteiger partial charge in [0.25, 0.3) is 5.91 Å². The minimum atomic E-state index is -0.825. The lowest BCUT2D eigenvalue weighted by Crippen LogP contribution is -2.37. The summed E-state index contributed by atoms with van der Waals surface area (Å²) >= 11 is 0. The van der Waals surface area contributed by atoms with Gasteiger partial charge in [-0.25, -0.2) is 4.79 Å². The molecular formula is C18H30N2O5. The van der Waals surface area contributed by atoms with Gasteiger partial charge in [0.15, 0.2) is 0 Å². The summed E-state index contributed by atoms with van der Waals surface area (Å²) < 4.78 is 0. The minimum absolute atomic E-state index is 0.000591. The molecule has 2 atom stereocenters. The van der Waals surface area contributed by atoms with Crippen molar-refractivity contribution in [2.24, 2.45) is 5.41 Å². The van der Waals surface area contributed by atoms with Crippen LogP contribution in [0.4, 0.5) is 4.79 Å². The Balaban J connectivity index is 2.47. The second kappa shape index (κ2) is 9.56. The Morgan fingerprint density at radius 2 is 2.00 bits per heavy atom. The van der Waals surface area contributed by atoms with Crippen molar-refractivity contribution in [3.63, 3.8) is 0 Å². The van der Waals surface area contributed by atoms with Gasteiger partial charge in [0.1, 0.15) is 6.04 Å². The lowest BCUT2D eigenvalue weighted by molar-refractivity contribution is -0.137. The van der Waals surface area contributed by atoms with Gasteiger partial charge in [0.05, 0.1) is 6.10 Å². The highest BCUT2D eigenvalue weighted by Crippen LogP contribution is 2.23. The first-order valence-corrected chi connectivity index (χ1v) is 8.76. The summed E-state index contributed by atoms with van der Waals surface area (Å²) in [4.78, 5) is 35.8. The SMILES string of the molecule is CC(C)(C)CC(O)CCN1C(=O)NC(=O)C1C/C=C\CCCC(=O)O. The molecule has 0 aliphatic carbocycles. The topological polar surface area (TPSA) is 107 Å². The van der Waals surface area contributed by atoms with E-state index in [0.29, 0.717) is 38.6 Å². The van der Waals surface area contributed by atoms with E-state index in [1.165, 1.54) is 4.90 Å². The van der Waals surface area contributed by atoms with E-state index in [0.717, 1.165) is 0 Å². The fourth-order valence-electron chi connectivity index (χ4n) is 2.85. The third-order valence-corrected chi connectivity index (χ3v) is 4.01. The number of allylic oxidation sites excluding steroid dienone is 1. The van der Waals surface area contributed by atoms with Gasteiger partial charge in [-0.2, -0.15) is 0 Å². The molecule has 0 spiro atoms. The van der Waals surface area contributed by atoms with Crippen molar-refractivity contribution >= 4 is 17.9 Å². The number of imide groups is 1. The Bertz CT molecular complexity index is 510. The Kier molecular flexibility index (Phi) is 8.09. The highest BCUT2D eigenvalue weighted by molar-refractivity contribution is 6.04. The maximum Gasteiger partial charge on any atom is 0.324 e. The molecule has 0 aromatic carbocycles. The normalized spacial score (nSPS) is 19.5. The third kappa shape index (κ3) is 8.16. The molecule has 1 fully saturated rings. The van der Waals surface area contributed by atoms with Crippen molar-refractivity contribution in [3.8, 4) is 0 Å². The number of aliphatic hydroxyl groups excluding tert-OH is 1. The number of hydrogen-bond donors (Lipinski definition) is 3. The number of carboxylic acid groups (broad SMARTS) is 1. The monoisotopic (exact) mass is 354 g/mol. The standard InChI is InChI=1S/C18H30N2O5/c1-18(2,3)12-13(21)10-11-20-14(16(24)19-17(20)25)8-6-4-5-7-9-15(22)23/h4,6,13-14,21H,5,7-12H2,1-3H3,(H,22,23)(H,19,24,25)/b6-4-. The number of hydrogen-bond acceptors (Lipinski definition) is 4. The first-order valence-electron chi connectivity index (χ1n) is 8.76. The van der Waals surface area contributed by atoms with Gasteiger partial charge in [-0.1, -0.05) is 32.9 Å². The molecule has 1 saturated heterocycles. The van der Waals surface area contributed by atoms with Gasteiger partial charge in [-0.05, 0) is 37.5 Å². The van der Waals surface area contributed by atoms with E-state index >= 15 is 0 Å². The summed E-state index contributed by atoms with van der Waals surface area (Å²) in [5, 5.41) is 21.0. The number of carboxylic acids is 1. The second-order valence-corrected chi connectivity index (χ2v) is 7.70. The van der Waals surface area contributed by atoms with Crippen molar-refractivity contribution in [2.45, 2.75) is 71.4 Å². The van der Waals surface area contributed by atoms with Crippen molar-refractivity contribution in [2.75, 3.05) is 6.54 Å². The number of carbonyl (C=O) groups is 3. The third-order valence-electron chi connectivity index (χ3n) is 4.01. The van der Waals surface area contributed by atoms with Crippen LogP contribution in [-0.4, -0.2) is 51.7 Å². The molecule has 3 N–H and O–H groups in total. The lowest BCUT2D eigenvalue weighted by atomic mass is 9.88. The van der Waals surface area contributed by atoms with Crippen LogP contribution >= 0.6 is 0 Å². The van der Waals surface area contributed by atoms with Crippen LogP contribution in [0.2, 0.25) is 0 Å². The molecule has 25 heavy (non-hydrogen) atoms. The Morgan fingerprint density at radius 1 is 1.32 bits per heavy atom. The number of nitrogens with one attached hydrogen (secondary N) is 1. The molecule has 0 saturated carbocycles. The summed E-state index contributed by atoms with van der Waals surface area (Å²) in [6.45, 7) is 6.45. The second-order valence-electron chi connectivity index (χ2n) is 7.70. The summed E-state index contributed by atoms with van der Waals surface area (Å²) in [5.41, 5.74) is 0.000591. The average molecular weight is 354 g/mol. The molecule has 3 amide bonds. The molecular weight excluding hydrogens is 324 g/mol. The molecule has 0 radical (unpaired) electrons. The first-order chi connectivity index (χ1) is 11.6. The quantitative estimate of drug-likeness (QED) is 0.317. The fourth-order valence-corrected chi connectivity index (χ4v) is 2.85. The summed E-state index contributed by atoms with van der Waals surface area (Å²) in [5.74, 6) is -1.15. The summed E-state index contributed by atoms with van der Waals surface area (Å²) in [6.07, 6.45) is 5.86. The first kappa shape index (κ1) is 21.2. The highest BCUT2D eigenvalue weighted by Gasteiger charge is 2.37. The predicted octanol–water partition coefficient (Wildman–Crippen LogP) is 2.30. The number of nitrogens with zero attached hydrogens (tertiary/aromatic N) is 1. The van der Waals surface area contributed by atoms with Crippen LogP contribution in [0.25, 0.3) is 0 Å². The number of carbonyl (C=O) groups excluding carboxylic acids is 2. The van der Waals surface area contributed by atoms with Gasteiger partial charge in [0.2, 0.25) is 0 Å². The molecule has 1 aliphatic heterocycles. The lowest BCUT2D eigenvalue weighted by Gasteiger charge is -2.25. The molecule has 0 aromatic heterocycles. The molecule has 7 nitrogen and oxygen atoms in total. The van der Waals surface area contributed by atoms with E-state index in [-0.39, 0.29) is 17.7 Å². The number of rotatable bonds is 10. The van der Waals surface area contributed by atoms with Crippen molar-refractivity contribution in [3.05, 3.63) is 12.2 Å². The maximum absolute atomic E-state index is 11.9.